The Labute approximate surface area is 71.4 Å². The zero-order valence-electron chi connectivity index (χ0n) is 7.59. The summed E-state index contributed by atoms with van der Waals surface area (Å²) in [6.07, 6.45) is 0.347. The van der Waals surface area contributed by atoms with Gasteiger partial charge >= 0.3 is 0 Å². The van der Waals surface area contributed by atoms with Crippen LogP contribution in [0.4, 0.5) is 0 Å². The summed E-state index contributed by atoms with van der Waals surface area (Å²) in [6, 6.07) is 0. The fourth-order valence-electron chi connectivity index (χ4n) is 1.16. The Bertz CT molecular complexity index is 222. The molecule has 0 aromatic rings. The Morgan fingerprint density at radius 2 is 2.25 bits per heavy atom. The number of carbonyl (C=O) groups excluding carboxylic acids is 2. The maximum atomic E-state index is 11.2. The molecule has 0 aromatic carbocycles. The molecule has 1 saturated heterocycles. The molecule has 0 radical (unpaired) electrons. The smallest absolute Gasteiger partial charge is 0.249 e. The third kappa shape index (κ3) is 2.04. The minimum absolute atomic E-state index is 0.0578. The third-order valence-corrected chi connectivity index (χ3v) is 1.58. The highest BCUT2D eigenvalue weighted by molar-refractivity contribution is 5.85. The highest BCUT2D eigenvalue weighted by atomic mass is 16.7. The first kappa shape index (κ1) is 9.19. The Morgan fingerprint density at radius 1 is 1.67 bits per heavy atom. The summed E-state index contributed by atoms with van der Waals surface area (Å²) in [6.45, 7) is 5.14. The number of rotatable bonds is 2. The van der Waals surface area contributed by atoms with Gasteiger partial charge in [0.2, 0.25) is 5.91 Å². The molecule has 1 amide bonds. The maximum absolute atomic E-state index is 11.2. The minimum Gasteiger partial charge on any atom is -0.298 e. The quantitative estimate of drug-likeness (QED) is 0.608. The normalized spacial score (nSPS) is 21.6. The fourth-order valence-corrected chi connectivity index (χ4v) is 1.16. The second-order valence-corrected chi connectivity index (χ2v) is 3.66. The topological polar surface area (TPSA) is 46.6 Å². The van der Waals surface area contributed by atoms with Crippen LogP contribution in [0.1, 0.15) is 27.2 Å². The maximum Gasteiger partial charge on any atom is 0.249 e. The molecule has 1 rings (SSSR count). The first-order valence-electron chi connectivity index (χ1n) is 3.90. The first-order chi connectivity index (χ1) is 5.41. The van der Waals surface area contributed by atoms with Gasteiger partial charge in [0, 0.05) is 0 Å². The monoisotopic (exact) mass is 171 g/mol. The van der Waals surface area contributed by atoms with E-state index < -0.39 is 5.60 Å². The van der Waals surface area contributed by atoms with Gasteiger partial charge < -0.3 is 0 Å². The highest BCUT2D eigenvalue weighted by Gasteiger charge is 2.37. The SMILES string of the molecule is CC(=O)CN1OC(C)(C)CC1=O. The predicted molar refractivity (Wildman–Crippen MR) is 42.2 cm³/mol. The summed E-state index contributed by atoms with van der Waals surface area (Å²) in [5.74, 6) is -0.184. The Balaban J connectivity index is 2.58. The molecular weight excluding hydrogens is 158 g/mol. The van der Waals surface area contributed by atoms with E-state index in [4.69, 9.17) is 4.84 Å². The van der Waals surface area contributed by atoms with Crippen molar-refractivity contribution < 1.29 is 14.4 Å². The Hall–Kier alpha value is -0.900. The highest BCUT2D eigenvalue weighted by Crippen LogP contribution is 2.25. The molecule has 0 atom stereocenters. The van der Waals surface area contributed by atoms with E-state index in [0.29, 0.717) is 6.42 Å². The second-order valence-electron chi connectivity index (χ2n) is 3.66. The third-order valence-electron chi connectivity index (χ3n) is 1.58. The molecule has 1 aliphatic heterocycles. The molecule has 12 heavy (non-hydrogen) atoms. The molecule has 0 N–H and O–H groups in total. The summed E-state index contributed by atoms with van der Waals surface area (Å²) in [4.78, 5) is 27.1. The predicted octanol–water partition coefficient (Wildman–Crippen LogP) is 0.518. The van der Waals surface area contributed by atoms with Gasteiger partial charge in [-0.15, -0.1) is 0 Å². The zero-order valence-corrected chi connectivity index (χ0v) is 7.59. The molecule has 0 bridgehead atoms. The lowest BCUT2D eigenvalue weighted by Gasteiger charge is -2.18. The van der Waals surface area contributed by atoms with Crippen LogP contribution < -0.4 is 0 Å². The Kier molecular flexibility index (Phi) is 2.19. The molecular formula is C8H13NO3. The minimum atomic E-state index is -0.452. The molecule has 4 heteroatoms. The van der Waals surface area contributed by atoms with Crippen LogP contribution in [-0.4, -0.2) is 28.9 Å². The van der Waals surface area contributed by atoms with Crippen LogP contribution in [-0.2, 0) is 14.4 Å². The summed E-state index contributed by atoms with van der Waals surface area (Å²) in [5.41, 5.74) is -0.452. The number of Topliss-reactive ketones (excluding diaryl/α,β-unsaturated/α-hetero) is 1. The van der Waals surface area contributed by atoms with Crippen LogP contribution in [0, 0.1) is 0 Å². The lowest BCUT2D eigenvalue weighted by atomic mass is 10.1. The molecule has 68 valence electrons. The van der Waals surface area contributed by atoms with Crippen molar-refractivity contribution in [2.75, 3.05) is 6.54 Å². The molecule has 0 aliphatic carbocycles. The van der Waals surface area contributed by atoms with E-state index in [2.05, 4.69) is 0 Å². The average Bonchev–Trinajstić information content (AvgIpc) is 2.03. The van der Waals surface area contributed by atoms with Crippen LogP contribution >= 0.6 is 0 Å². The van der Waals surface area contributed by atoms with E-state index in [1.165, 1.54) is 6.92 Å². The summed E-state index contributed by atoms with van der Waals surface area (Å²) >= 11 is 0. The van der Waals surface area contributed by atoms with Crippen molar-refractivity contribution in [3.05, 3.63) is 0 Å². The molecule has 0 aromatic heterocycles. The molecule has 1 aliphatic rings. The van der Waals surface area contributed by atoms with Crippen molar-refractivity contribution in [3.8, 4) is 0 Å². The van der Waals surface area contributed by atoms with Crippen LogP contribution in [0.25, 0.3) is 0 Å². The van der Waals surface area contributed by atoms with Crippen molar-refractivity contribution in [1.29, 1.82) is 0 Å². The summed E-state index contributed by atoms with van der Waals surface area (Å²) in [7, 11) is 0. The van der Waals surface area contributed by atoms with Gasteiger partial charge in [0.1, 0.15) is 6.54 Å². The first-order valence-corrected chi connectivity index (χ1v) is 3.90. The summed E-state index contributed by atoms with van der Waals surface area (Å²) < 4.78 is 0. The van der Waals surface area contributed by atoms with Crippen LogP contribution in [0.5, 0.6) is 0 Å². The van der Waals surface area contributed by atoms with Crippen LogP contribution in [0.2, 0.25) is 0 Å². The lowest BCUT2D eigenvalue weighted by molar-refractivity contribution is -0.191. The van der Waals surface area contributed by atoms with Gasteiger partial charge in [-0.3, -0.25) is 14.4 Å². The van der Waals surface area contributed by atoms with Gasteiger partial charge in [0.25, 0.3) is 0 Å². The van der Waals surface area contributed by atoms with Crippen molar-refractivity contribution in [1.82, 2.24) is 5.06 Å². The van der Waals surface area contributed by atoms with Crippen molar-refractivity contribution in [2.24, 2.45) is 0 Å². The van der Waals surface area contributed by atoms with E-state index in [0.717, 1.165) is 5.06 Å². The number of ketones is 1. The van der Waals surface area contributed by atoms with Crippen molar-refractivity contribution >= 4 is 11.7 Å². The molecule has 0 unspecified atom stereocenters. The zero-order chi connectivity index (χ0) is 9.35. The van der Waals surface area contributed by atoms with Gasteiger partial charge in [-0.25, -0.2) is 5.06 Å². The van der Waals surface area contributed by atoms with Gasteiger partial charge in [-0.1, -0.05) is 0 Å². The second kappa shape index (κ2) is 2.86. The van der Waals surface area contributed by atoms with Gasteiger partial charge in [-0.2, -0.15) is 0 Å². The van der Waals surface area contributed by atoms with E-state index >= 15 is 0 Å². The van der Waals surface area contributed by atoms with Gasteiger partial charge in [-0.05, 0) is 20.8 Å². The summed E-state index contributed by atoms with van der Waals surface area (Å²) in [5, 5.41) is 1.14. The van der Waals surface area contributed by atoms with Crippen molar-refractivity contribution in [2.45, 2.75) is 32.8 Å². The molecule has 1 fully saturated rings. The fraction of sp³-hybridized carbons (Fsp3) is 0.750. The molecule has 1 heterocycles. The number of hydrogen-bond donors (Lipinski definition) is 0. The largest absolute Gasteiger partial charge is 0.298 e. The number of carbonyl (C=O) groups is 2. The van der Waals surface area contributed by atoms with Gasteiger partial charge in [0.15, 0.2) is 5.78 Å². The molecule has 4 nitrogen and oxygen atoms in total. The van der Waals surface area contributed by atoms with E-state index in [-0.39, 0.29) is 18.2 Å². The lowest BCUT2D eigenvalue weighted by Crippen LogP contribution is -2.30. The van der Waals surface area contributed by atoms with Crippen molar-refractivity contribution in [3.63, 3.8) is 0 Å². The standard InChI is InChI=1S/C8H13NO3/c1-6(10)5-9-7(11)4-8(2,3)12-9/h4-5H2,1-3H3. The van der Waals surface area contributed by atoms with Gasteiger partial charge in [0.05, 0.1) is 12.0 Å². The number of amides is 1. The van der Waals surface area contributed by atoms with Crippen LogP contribution in [0.3, 0.4) is 0 Å². The molecule has 0 spiro atoms. The number of nitrogens with zero attached hydrogens (tertiary/aromatic N) is 1. The van der Waals surface area contributed by atoms with E-state index in [9.17, 15) is 9.59 Å². The van der Waals surface area contributed by atoms with E-state index in [1.807, 2.05) is 13.8 Å². The Morgan fingerprint density at radius 3 is 2.58 bits per heavy atom. The van der Waals surface area contributed by atoms with E-state index in [1.54, 1.807) is 0 Å². The number of hydroxylamine groups is 2. The average molecular weight is 171 g/mol. The van der Waals surface area contributed by atoms with Crippen LogP contribution in [0.15, 0.2) is 0 Å². The molecule has 0 saturated carbocycles. The number of hydrogen-bond acceptors (Lipinski definition) is 3.